The van der Waals surface area contributed by atoms with E-state index < -0.39 is 0 Å². The second-order valence-corrected chi connectivity index (χ2v) is 7.14. The highest BCUT2D eigenvalue weighted by Crippen LogP contribution is 2.32. The fourth-order valence-corrected chi connectivity index (χ4v) is 2.98. The van der Waals surface area contributed by atoms with E-state index in [0.717, 1.165) is 29.0 Å². The molecule has 0 radical (unpaired) electrons. The van der Waals surface area contributed by atoms with Gasteiger partial charge in [0.05, 0.1) is 6.10 Å². The van der Waals surface area contributed by atoms with E-state index in [1.807, 2.05) is 74.5 Å². The third-order valence-corrected chi connectivity index (χ3v) is 4.42. The number of aromatic nitrogens is 1. The van der Waals surface area contributed by atoms with Crippen molar-refractivity contribution in [3.63, 3.8) is 0 Å². The zero-order chi connectivity index (χ0) is 20.5. The normalized spacial score (nSPS) is 11.0. The zero-order valence-electron chi connectivity index (χ0n) is 17.1. The lowest BCUT2D eigenvalue weighted by molar-refractivity contribution is -0.121. The van der Waals surface area contributed by atoms with Gasteiger partial charge in [-0.05, 0) is 20.3 Å². The van der Waals surface area contributed by atoms with E-state index in [0.29, 0.717) is 31.9 Å². The molecule has 0 unspecified atom stereocenters. The number of carbonyl (C=O) groups excluding carboxylic acids is 1. The summed E-state index contributed by atoms with van der Waals surface area (Å²) in [6, 6.07) is 19.9. The van der Waals surface area contributed by atoms with Crippen molar-refractivity contribution in [3.8, 4) is 22.6 Å². The quantitative estimate of drug-likeness (QED) is 0.500. The monoisotopic (exact) mass is 392 g/mol. The van der Waals surface area contributed by atoms with Gasteiger partial charge in [-0.25, -0.2) is 4.98 Å². The van der Waals surface area contributed by atoms with Crippen molar-refractivity contribution in [2.45, 2.75) is 39.2 Å². The Morgan fingerprint density at radius 1 is 1.03 bits per heavy atom. The number of nitrogens with zero attached hydrogens (tertiary/aromatic N) is 1. The Kier molecular flexibility index (Phi) is 7.59. The Hall–Kier alpha value is -2.92. The molecule has 1 N–H and O–H groups in total. The largest absolute Gasteiger partial charge is 0.440 e. The average molecular weight is 392 g/mol. The molecule has 0 atom stereocenters. The number of benzene rings is 2. The van der Waals surface area contributed by atoms with Crippen molar-refractivity contribution in [2.24, 2.45) is 0 Å². The molecule has 29 heavy (non-hydrogen) atoms. The predicted octanol–water partition coefficient (Wildman–Crippen LogP) is 4.87. The smallest absolute Gasteiger partial charge is 0.220 e. The summed E-state index contributed by atoms with van der Waals surface area (Å²) in [5.41, 5.74) is 2.77. The minimum atomic E-state index is -0.00438. The maximum Gasteiger partial charge on any atom is 0.220 e. The Bertz CT molecular complexity index is 832. The molecule has 1 aromatic heterocycles. The molecular weight excluding hydrogens is 364 g/mol. The number of ether oxygens (including phenoxy) is 1. The highest BCUT2D eigenvalue weighted by Gasteiger charge is 2.17. The van der Waals surface area contributed by atoms with Crippen molar-refractivity contribution < 1.29 is 13.9 Å². The summed E-state index contributed by atoms with van der Waals surface area (Å²) in [4.78, 5) is 16.8. The van der Waals surface area contributed by atoms with Crippen molar-refractivity contribution in [1.82, 2.24) is 10.3 Å². The number of rotatable bonds is 10. The van der Waals surface area contributed by atoms with Crippen molar-refractivity contribution >= 4 is 5.91 Å². The number of hydrogen-bond donors (Lipinski definition) is 1. The van der Waals surface area contributed by atoms with E-state index in [1.54, 1.807) is 0 Å². The number of hydrogen-bond acceptors (Lipinski definition) is 4. The van der Waals surface area contributed by atoms with Gasteiger partial charge >= 0.3 is 0 Å². The number of oxazole rings is 1. The SMILES string of the molecule is CC(C)OCCCNC(=O)CCc1nc(-c2ccccc2)c(-c2ccccc2)o1. The molecule has 1 amide bonds. The third kappa shape index (κ3) is 6.29. The average Bonchev–Trinajstić information content (AvgIpc) is 3.17. The molecule has 5 nitrogen and oxygen atoms in total. The van der Waals surface area contributed by atoms with Crippen LogP contribution >= 0.6 is 0 Å². The highest BCUT2D eigenvalue weighted by molar-refractivity contribution is 5.77. The van der Waals surface area contributed by atoms with Crippen molar-refractivity contribution in [3.05, 3.63) is 66.6 Å². The lowest BCUT2D eigenvalue weighted by Crippen LogP contribution is -2.25. The molecule has 0 spiro atoms. The number of nitrogens with one attached hydrogen (secondary N) is 1. The molecule has 2 aromatic carbocycles. The van der Waals surface area contributed by atoms with Gasteiger partial charge in [0.25, 0.3) is 0 Å². The maximum absolute atomic E-state index is 12.1. The molecule has 0 aliphatic rings. The molecule has 0 bridgehead atoms. The van der Waals surface area contributed by atoms with Crippen molar-refractivity contribution in [2.75, 3.05) is 13.2 Å². The molecule has 0 saturated carbocycles. The first-order chi connectivity index (χ1) is 14.1. The molecule has 3 aromatic rings. The summed E-state index contributed by atoms with van der Waals surface area (Å²) in [7, 11) is 0. The fourth-order valence-electron chi connectivity index (χ4n) is 2.98. The molecule has 5 heteroatoms. The molecule has 0 fully saturated rings. The highest BCUT2D eigenvalue weighted by atomic mass is 16.5. The Balaban J connectivity index is 1.63. The molecule has 0 aliphatic heterocycles. The van der Waals surface area contributed by atoms with Gasteiger partial charge in [0.2, 0.25) is 5.91 Å². The summed E-state index contributed by atoms with van der Waals surface area (Å²) >= 11 is 0. The van der Waals surface area contributed by atoms with Gasteiger partial charge in [0.15, 0.2) is 11.7 Å². The van der Waals surface area contributed by atoms with Crippen LogP contribution in [0.3, 0.4) is 0 Å². The van der Waals surface area contributed by atoms with Crippen molar-refractivity contribution in [1.29, 1.82) is 0 Å². The van der Waals surface area contributed by atoms with Gasteiger partial charge < -0.3 is 14.5 Å². The minimum absolute atomic E-state index is 0.00438. The van der Waals surface area contributed by atoms with Crippen LogP contribution in [0.4, 0.5) is 0 Å². The van der Waals surface area contributed by atoms with Crippen LogP contribution in [0.2, 0.25) is 0 Å². The number of aryl methyl sites for hydroxylation is 1. The summed E-state index contributed by atoms with van der Waals surface area (Å²) in [6.45, 7) is 5.27. The van der Waals surface area contributed by atoms with E-state index in [9.17, 15) is 4.79 Å². The van der Waals surface area contributed by atoms with Crippen LogP contribution in [0.15, 0.2) is 65.1 Å². The van der Waals surface area contributed by atoms with E-state index >= 15 is 0 Å². The molecule has 0 aliphatic carbocycles. The second kappa shape index (κ2) is 10.6. The minimum Gasteiger partial charge on any atom is -0.440 e. The summed E-state index contributed by atoms with van der Waals surface area (Å²) in [5.74, 6) is 1.30. The van der Waals surface area contributed by atoms with Crippen LogP contribution in [-0.2, 0) is 16.0 Å². The Labute approximate surface area is 172 Å². The second-order valence-electron chi connectivity index (χ2n) is 7.14. The molecule has 0 saturated heterocycles. The molecule has 152 valence electrons. The van der Waals surface area contributed by atoms with Crippen LogP contribution < -0.4 is 5.32 Å². The maximum atomic E-state index is 12.1. The fraction of sp³-hybridized carbons (Fsp3) is 0.333. The van der Waals surface area contributed by atoms with E-state index in [1.165, 1.54) is 0 Å². The molecule has 1 heterocycles. The van der Waals surface area contributed by atoms with Crippen LogP contribution in [0.5, 0.6) is 0 Å². The Morgan fingerprint density at radius 2 is 1.69 bits per heavy atom. The summed E-state index contributed by atoms with van der Waals surface area (Å²) in [5, 5.41) is 2.92. The standard InChI is InChI=1S/C24H28N2O3/c1-18(2)28-17-9-16-25-21(27)14-15-22-26-23(19-10-5-3-6-11-19)24(29-22)20-12-7-4-8-13-20/h3-8,10-13,18H,9,14-17H2,1-2H3,(H,25,27). The van der Waals surface area contributed by atoms with Gasteiger partial charge in [0, 0.05) is 37.1 Å². The van der Waals surface area contributed by atoms with Gasteiger partial charge in [0.1, 0.15) is 5.69 Å². The zero-order valence-corrected chi connectivity index (χ0v) is 17.1. The number of amides is 1. The van der Waals surface area contributed by atoms with Gasteiger partial charge in [-0.1, -0.05) is 60.7 Å². The first-order valence-electron chi connectivity index (χ1n) is 10.1. The lowest BCUT2D eigenvalue weighted by atomic mass is 10.1. The first kappa shape index (κ1) is 20.8. The predicted molar refractivity (Wildman–Crippen MR) is 114 cm³/mol. The third-order valence-electron chi connectivity index (χ3n) is 4.42. The van der Waals surface area contributed by atoms with Gasteiger partial charge in [-0.3, -0.25) is 4.79 Å². The van der Waals surface area contributed by atoms with Crippen LogP contribution in [0.25, 0.3) is 22.6 Å². The van der Waals surface area contributed by atoms with Crippen LogP contribution in [0.1, 0.15) is 32.6 Å². The Morgan fingerprint density at radius 3 is 2.34 bits per heavy atom. The molecular formula is C24H28N2O3. The number of carbonyl (C=O) groups is 1. The van der Waals surface area contributed by atoms with Gasteiger partial charge in [-0.15, -0.1) is 0 Å². The van der Waals surface area contributed by atoms with Gasteiger partial charge in [-0.2, -0.15) is 0 Å². The molecule has 3 rings (SSSR count). The van der Waals surface area contributed by atoms with Crippen LogP contribution in [0, 0.1) is 0 Å². The topological polar surface area (TPSA) is 64.4 Å². The van der Waals surface area contributed by atoms with Crippen LogP contribution in [-0.4, -0.2) is 30.1 Å². The van der Waals surface area contributed by atoms with E-state index in [2.05, 4.69) is 5.32 Å². The summed E-state index contributed by atoms with van der Waals surface area (Å²) in [6.07, 6.45) is 1.82. The summed E-state index contributed by atoms with van der Waals surface area (Å²) < 4.78 is 11.5. The lowest BCUT2D eigenvalue weighted by Gasteiger charge is -2.07. The first-order valence-corrected chi connectivity index (χ1v) is 10.1. The van der Waals surface area contributed by atoms with E-state index in [4.69, 9.17) is 14.1 Å². The van der Waals surface area contributed by atoms with E-state index in [-0.39, 0.29) is 12.0 Å².